The zero-order valence-corrected chi connectivity index (χ0v) is 13.6. The first-order valence-electron chi connectivity index (χ1n) is 6.95. The molecule has 0 radical (unpaired) electrons. The molecule has 0 spiro atoms. The molecule has 0 aliphatic heterocycles. The van der Waals surface area contributed by atoms with Gasteiger partial charge in [-0.3, -0.25) is 4.90 Å². The fourth-order valence-corrected chi connectivity index (χ4v) is 2.54. The summed E-state index contributed by atoms with van der Waals surface area (Å²) in [5.41, 5.74) is 6.77. The van der Waals surface area contributed by atoms with Gasteiger partial charge in [-0.05, 0) is 25.4 Å². The molecule has 0 unspecified atom stereocenters. The van der Waals surface area contributed by atoms with Crippen LogP contribution in [0.1, 0.15) is 43.2 Å². The number of ether oxygens (including phenoxy) is 1. The number of carbonyl (C=O) groups is 1. The molecular formula is C14H25N3O2S. The number of aromatic nitrogens is 1. The molecule has 1 heterocycles. The molecular weight excluding hydrogens is 274 g/mol. The van der Waals surface area contributed by atoms with Crippen LogP contribution in [0.2, 0.25) is 0 Å². The maximum atomic E-state index is 11.6. The summed E-state index contributed by atoms with van der Waals surface area (Å²) in [6, 6.07) is 0. The van der Waals surface area contributed by atoms with E-state index < -0.39 is 0 Å². The normalized spacial score (nSPS) is 11.9. The van der Waals surface area contributed by atoms with Gasteiger partial charge in [-0.2, -0.15) is 0 Å². The molecule has 20 heavy (non-hydrogen) atoms. The van der Waals surface area contributed by atoms with Crippen LogP contribution in [0.3, 0.4) is 0 Å². The van der Waals surface area contributed by atoms with Gasteiger partial charge < -0.3 is 10.5 Å². The predicted molar refractivity (Wildman–Crippen MR) is 81.9 cm³/mol. The summed E-state index contributed by atoms with van der Waals surface area (Å²) in [6.45, 7) is 11.8. The second-order valence-electron chi connectivity index (χ2n) is 5.54. The van der Waals surface area contributed by atoms with E-state index in [2.05, 4.69) is 30.7 Å². The molecule has 0 aliphatic carbocycles. The lowest BCUT2D eigenvalue weighted by Gasteiger charge is -2.30. The highest BCUT2D eigenvalue weighted by Gasteiger charge is 2.20. The molecule has 0 aromatic carbocycles. The number of rotatable bonds is 8. The zero-order chi connectivity index (χ0) is 15.2. The smallest absolute Gasteiger partial charge is 0.367 e. The van der Waals surface area contributed by atoms with Gasteiger partial charge in [0.15, 0.2) is 0 Å². The standard InChI is InChI=1S/C14H25N3O2S/c1-5-17(10-14(3,4)9-15)7-11-8-20-12(16-11)13(18)19-6-2/h8H,5-7,9-10,15H2,1-4H3. The average Bonchev–Trinajstić information content (AvgIpc) is 2.86. The van der Waals surface area contributed by atoms with Gasteiger partial charge in [0, 0.05) is 18.5 Å². The molecule has 1 aromatic heterocycles. The van der Waals surface area contributed by atoms with Crippen molar-refractivity contribution in [3.8, 4) is 0 Å². The van der Waals surface area contributed by atoms with Crippen LogP contribution in [0, 0.1) is 5.41 Å². The van der Waals surface area contributed by atoms with Crippen molar-refractivity contribution in [3.05, 3.63) is 16.1 Å². The van der Waals surface area contributed by atoms with Crippen LogP contribution >= 0.6 is 11.3 Å². The first-order valence-corrected chi connectivity index (χ1v) is 7.83. The highest BCUT2D eigenvalue weighted by atomic mass is 32.1. The number of nitrogens with zero attached hydrogens (tertiary/aromatic N) is 2. The van der Waals surface area contributed by atoms with Crippen LogP contribution in [0.5, 0.6) is 0 Å². The van der Waals surface area contributed by atoms with Crippen molar-refractivity contribution >= 4 is 17.3 Å². The average molecular weight is 299 g/mol. The third kappa shape index (κ3) is 5.19. The van der Waals surface area contributed by atoms with Gasteiger partial charge in [0.05, 0.1) is 12.3 Å². The Morgan fingerprint density at radius 2 is 2.20 bits per heavy atom. The molecule has 0 amide bonds. The summed E-state index contributed by atoms with van der Waals surface area (Å²) in [4.78, 5) is 18.2. The van der Waals surface area contributed by atoms with E-state index in [-0.39, 0.29) is 11.4 Å². The van der Waals surface area contributed by atoms with E-state index in [1.165, 1.54) is 11.3 Å². The summed E-state index contributed by atoms with van der Waals surface area (Å²) in [5, 5.41) is 2.35. The van der Waals surface area contributed by atoms with Crippen LogP contribution in [-0.2, 0) is 11.3 Å². The van der Waals surface area contributed by atoms with Gasteiger partial charge in [-0.1, -0.05) is 20.8 Å². The molecule has 2 N–H and O–H groups in total. The molecule has 0 saturated carbocycles. The van der Waals surface area contributed by atoms with Crippen molar-refractivity contribution in [3.63, 3.8) is 0 Å². The highest BCUT2D eigenvalue weighted by molar-refractivity contribution is 7.11. The Morgan fingerprint density at radius 3 is 2.75 bits per heavy atom. The second kappa shape index (κ2) is 7.71. The molecule has 0 saturated heterocycles. The van der Waals surface area contributed by atoms with Crippen LogP contribution in [0.25, 0.3) is 0 Å². The number of nitrogens with two attached hydrogens (primary N) is 1. The van der Waals surface area contributed by atoms with E-state index in [0.717, 1.165) is 25.3 Å². The topological polar surface area (TPSA) is 68.5 Å². The summed E-state index contributed by atoms with van der Waals surface area (Å²) in [5.74, 6) is -0.339. The van der Waals surface area contributed by atoms with Gasteiger partial charge in [0.1, 0.15) is 0 Å². The van der Waals surface area contributed by atoms with E-state index in [9.17, 15) is 4.79 Å². The van der Waals surface area contributed by atoms with Crippen LogP contribution < -0.4 is 5.73 Å². The van der Waals surface area contributed by atoms with Gasteiger partial charge >= 0.3 is 5.97 Å². The first kappa shape index (κ1) is 17.1. The summed E-state index contributed by atoms with van der Waals surface area (Å²) >= 11 is 1.34. The van der Waals surface area contributed by atoms with Gasteiger partial charge in [0.2, 0.25) is 5.01 Å². The summed E-state index contributed by atoms with van der Waals surface area (Å²) < 4.78 is 4.95. The molecule has 1 rings (SSSR count). The van der Waals surface area contributed by atoms with Crippen molar-refractivity contribution in [1.82, 2.24) is 9.88 Å². The third-order valence-corrected chi connectivity index (χ3v) is 3.91. The van der Waals surface area contributed by atoms with Crippen molar-refractivity contribution < 1.29 is 9.53 Å². The number of hydrogen-bond donors (Lipinski definition) is 1. The Hall–Kier alpha value is -0.980. The van der Waals surface area contributed by atoms with Crippen LogP contribution in [0.15, 0.2) is 5.38 Å². The lowest BCUT2D eigenvalue weighted by Crippen LogP contribution is -2.38. The molecule has 6 heteroatoms. The quantitative estimate of drug-likeness (QED) is 0.745. The Morgan fingerprint density at radius 1 is 1.50 bits per heavy atom. The maximum absolute atomic E-state index is 11.6. The van der Waals surface area contributed by atoms with Crippen LogP contribution in [0.4, 0.5) is 0 Å². The SMILES string of the molecule is CCOC(=O)c1nc(CN(CC)CC(C)(C)CN)cs1. The monoisotopic (exact) mass is 299 g/mol. The molecule has 0 aliphatic rings. The minimum absolute atomic E-state index is 0.0794. The summed E-state index contributed by atoms with van der Waals surface area (Å²) in [7, 11) is 0. The molecule has 114 valence electrons. The molecule has 0 bridgehead atoms. The van der Waals surface area contributed by atoms with E-state index >= 15 is 0 Å². The Bertz CT molecular complexity index is 432. The van der Waals surface area contributed by atoms with Crippen molar-refractivity contribution in [2.45, 2.75) is 34.2 Å². The lowest BCUT2D eigenvalue weighted by atomic mass is 9.93. The summed E-state index contributed by atoms with van der Waals surface area (Å²) in [6.07, 6.45) is 0. The number of hydrogen-bond acceptors (Lipinski definition) is 6. The largest absolute Gasteiger partial charge is 0.461 e. The zero-order valence-electron chi connectivity index (χ0n) is 12.8. The highest BCUT2D eigenvalue weighted by Crippen LogP contribution is 2.18. The van der Waals surface area contributed by atoms with Gasteiger partial charge in [0.25, 0.3) is 0 Å². The van der Waals surface area contributed by atoms with E-state index in [1.54, 1.807) is 6.92 Å². The predicted octanol–water partition coefficient (Wildman–Crippen LogP) is 2.13. The molecule has 0 fully saturated rings. The number of thiazole rings is 1. The Balaban J connectivity index is 2.64. The molecule has 5 nitrogen and oxygen atoms in total. The third-order valence-electron chi connectivity index (χ3n) is 3.04. The second-order valence-corrected chi connectivity index (χ2v) is 6.39. The Kier molecular flexibility index (Phi) is 6.58. The van der Waals surface area contributed by atoms with Crippen molar-refractivity contribution in [2.75, 3.05) is 26.2 Å². The van der Waals surface area contributed by atoms with Gasteiger partial charge in [-0.15, -0.1) is 11.3 Å². The number of esters is 1. The maximum Gasteiger partial charge on any atom is 0.367 e. The minimum Gasteiger partial charge on any atom is -0.461 e. The lowest BCUT2D eigenvalue weighted by molar-refractivity contribution is 0.0525. The van der Waals surface area contributed by atoms with Crippen LogP contribution in [-0.4, -0.2) is 42.1 Å². The molecule has 0 atom stereocenters. The number of carbonyl (C=O) groups excluding carboxylic acids is 1. The minimum atomic E-state index is -0.339. The van der Waals surface area contributed by atoms with Crippen molar-refractivity contribution in [2.24, 2.45) is 11.1 Å². The van der Waals surface area contributed by atoms with E-state index in [0.29, 0.717) is 18.2 Å². The Labute approximate surface area is 125 Å². The van der Waals surface area contributed by atoms with Crippen molar-refractivity contribution in [1.29, 1.82) is 0 Å². The first-order chi connectivity index (χ1) is 9.41. The van der Waals surface area contributed by atoms with E-state index in [1.807, 2.05) is 5.38 Å². The van der Waals surface area contributed by atoms with E-state index in [4.69, 9.17) is 10.5 Å². The fraction of sp³-hybridized carbons (Fsp3) is 0.714. The fourth-order valence-electron chi connectivity index (χ4n) is 1.84. The van der Waals surface area contributed by atoms with Gasteiger partial charge in [-0.25, -0.2) is 9.78 Å². The molecule has 1 aromatic rings.